The molecule has 0 N–H and O–H groups in total. The predicted molar refractivity (Wildman–Crippen MR) is 192 cm³/mol. The molecule has 51 heavy (non-hydrogen) atoms. The van der Waals surface area contributed by atoms with Crippen LogP contribution in [0.4, 0.5) is 5.69 Å². The van der Waals surface area contributed by atoms with Crippen LogP contribution in [-0.2, 0) is 47.5 Å². The summed E-state index contributed by atoms with van der Waals surface area (Å²) in [6, 6.07) is 47.6. The molecule has 0 saturated heterocycles. The number of nitrogens with zero attached hydrogens (tertiary/aromatic N) is 4. The molecule has 7 rings (SSSR count). The molecule has 0 spiro atoms. The number of para-hydroxylation sites is 1. The fourth-order valence-corrected chi connectivity index (χ4v) is 5.19. The van der Waals surface area contributed by atoms with Gasteiger partial charge in [-0.3, -0.25) is 11.1 Å². The fraction of sp³-hybridized carbons (Fsp3) is 0.116. The molecule has 0 saturated carbocycles. The van der Waals surface area contributed by atoms with Crippen LogP contribution in [0.1, 0.15) is 26.3 Å². The van der Waals surface area contributed by atoms with Crippen LogP contribution < -0.4 is 14.4 Å². The Morgan fingerprint density at radius 2 is 1.37 bits per heavy atom. The first-order chi connectivity index (χ1) is 23.8. The van der Waals surface area contributed by atoms with Crippen LogP contribution in [0, 0.1) is 49.5 Å². The van der Waals surface area contributed by atoms with Gasteiger partial charge in [0.25, 0.3) is 0 Å². The van der Waals surface area contributed by atoms with Crippen LogP contribution in [-0.4, -0.2) is 21.5 Å². The van der Waals surface area contributed by atoms with Gasteiger partial charge in [-0.05, 0) is 31.6 Å². The van der Waals surface area contributed by atoms with Crippen molar-refractivity contribution in [1.82, 2.24) is 14.5 Å². The molecule has 0 unspecified atom stereocenters. The van der Waals surface area contributed by atoms with Gasteiger partial charge in [-0.25, -0.2) is 23.7 Å². The molecular formula is C43H33N4O2Pt2-3. The molecule has 0 radical (unpaired) electrons. The molecule has 4 aromatic carbocycles. The zero-order valence-corrected chi connectivity index (χ0v) is 32.9. The van der Waals surface area contributed by atoms with Crippen molar-refractivity contribution >= 4 is 5.69 Å². The summed E-state index contributed by atoms with van der Waals surface area (Å²) in [6.07, 6.45) is 15.8. The van der Waals surface area contributed by atoms with E-state index < -0.39 is 0 Å². The Labute approximate surface area is 330 Å². The second kappa shape index (κ2) is 17.9. The summed E-state index contributed by atoms with van der Waals surface area (Å²) < 4.78 is 13.8. The smallest absolute Gasteiger partial charge is 0.669 e. The normalized spacial score (nSPS) is 11.7. The van der Waals surface area contributed by atoms with E-state index in [1.807, 2.05) is 127 Å². The molecule has 3 heterocycles. The molecule has 8 heteroatoms. The molecule has 0 amide bonds. The topological polar surface area (TPSA) is 42.8 Å². The molecule has 0 fully saturated rings. The van der Waals surface area contributed by atoms with Gasteiger partial charge in [-0.1, -0.05) is 44.1 Å². The van der Waals surface area contributed by atoms with Gasteiger partial charge in [0.05, 0.1) is 0 Å². The van der Waals surface area contributed by atoms with Crippen molar-refractivity contribution in [2.45, 2.75) is 26.2 Å². The van der Waals surface area contributed by atoms with E-state index in [1.165, 1.54) is 0 Å². The molecule has 1 aliphatic heterocycles. The summed E-state index contributed by atoms with van der Waals surface area (Å²) >= 11 is 0. The maximum atomic E-state index is 6.57. The summed E-state index contributed by atoms with van der Waals surface area (Å²) in [6.45, 7) is 8.50. The maximum Gasteiger partial charge on any atom is 4.00 e. The first-order valence-corrected chi connectivity index (χ1v) is 15.7. The van der Waals surface area contributed by atoms with Gasteiger partial charge in [0.2, 0.25) is 0 Å². The molecule has 6 nitrogen and oxygen atoms in total. The number of rotatable bonds is 7. The summed E-state index contributed by atoms with van der Waals surface area (Å²) in [5.74, 6) is 2.43. The molecular weight excluding hydrogens is 995 g/mol. The van der Waals surface area contributed by atoms with E-state index in [4.69, 9.17) is 20.9 Å². The second-order valence-corrected chi connectivity index (χ2v) is 12.1. The van der Waals surface area contributed by atoms with Crippen LogP contribution in [0.5, 0.6) is 23.0 Å². The third-order valence-electron chi connectivity index (χ3n) is 7.35. The van der Waals surface area contributed by atoms with Crippen LogP contribution in [0.25, 0.3) is 22.4 Å². The van der Waals surface area contributed by atoms with Crippen molar-refractivity contribution in [1.29, 1.82) is 0 Å². The van der Waals surface area contributed by atoms with Crippen LogP contribution >= 0.6 is 0 Å². The quantitative estimate of drug-likeness (QED) is 0.118. The largest absolute Gasteiger partial charge is 4.00 e. The molecule has 0 atom stereocenters. The molecule has 1 aliphatic rings. The van der Waals surface area contributed by atoms with Crippen LogP contribution in [0.15, 0.2) is 122 Å². The third-order valence-corrected chi connectivity index (χ3v) is 7.35. The Hall–Kier alpha value is -4.81. The molecule has 260 valence electrons. The number of hydrogen-bond acceptors (Lipinski definition) is 5. The van der Waals surface area contributed by atoms with Crippen molar-refractivity contribution in [3.63, 3.8) is 0 Å². The van der Waals surface area contributed by atoms with E-state index >= 15 is 0 Å². The number of aromatic nitrogens is 2. The van der Waals surface area contributed by atoms with E-state index in [1.54, 1.807) is 23.2 Å². The second-order valence-electron chi connectivity index (χ2n) is 12.1. The Morgan fingerprint density at radius 3 is 1.98 bits per heavy atom. The van der Waals surface area contributed by atoms with Gasteiger partial charge < -0.3 is 35.2 Å². The summed E-state index contributed by atoms with van der Waals surface area (Å²) in [5.41, 5.74) is 5.09. The van der Waals surface area contributed by atoms with E-state index in [-0.39, 0.29) is 47.5 Å². The summed E-state index contributed by atoms with van der Waals surface area (Å²) in [7, 11) is 1.98. The third kappa shape index (κ3) is 10.1. The Kier molecular flexibility index (Phi) is 13.7. The first-order valence-electron chi connectivity index (χ1n) is 15.7. The van der Waals surface area contributed by atoms with Crippen LogP contribution in [0.3, 0.4) is 0 Å². The number of ether oxygens (including phenoxy) is 2. The minimum atomic E-state index is -0.257. The average Bonchev–Trinajstić information content (AvgIpc) is 3.81. The average molecular weight is 1030 g/mol. The number of pyridine rings is 1. The van der Waals surface area contributed by atoms with Gasteiger partial charge in [0.15, 0.2) is 0 Å². The SMILES string of the molecule is CN1C=CN(c2[c-]c(Oc3[c-]c(-c4nc[c-]c(-c5[c-]c(Oc6[c-]cccc6)ccc5)c4C(C)(C)C)ccc3)ccc2)[CH-]1.[C-]#Cn1cccc1.[Pt+4].[Pt]. The van der Waals surface area contributed by atoms with Crippen molar-refractivity contribution in [3.8, 4) is 51.4 Å². The monoisotopic (exact) mass is 1030 g/mol. The van der Waals surface area contributed by atoms with Gasteiger partial charge in [0.1, 0.15) is 0 Å². The van der Waals surface area contributed by atoms with Crippen molar-refractivity contribution in [2.75, 3.05) is 11.9 Å². The van der Waals surface area contributed by atoms with Gasteiger partial charge in [-0.2, -0.15) is 43.1 Å². The first kappa shape index (κ1) is 39.0. The molecule has 2 aromatic heterocycles. The Morgan fingerprint density at radius 1 is 0.745 bits per heavy atom. The van der Waals surface area contributed by atoms with E-state index in [0.717, 1.165) is 33.6 Å². The van der Waals surface area contributed by atoms with E-state index in [2.05, 4.69) is 57.1 Å². The number of hydrogen-bond donors (Lipinski definition) is 0. The minimum absolute atomic E-state index is 0. The maximum absolute atomic E-state index is 6.57. The Balaban J connectivity index is 0.000000581. The van der Waals surface area contributed by atoms with Gasteiger partial charge >= 0.3 is 21.1 Å². The fourth-order valence-electron chi connectivity index (χ4n) is 5.19. The van der Waals surface area contributed by atoms with Crippen molar-refractivity contribution in [3.05, 3.63) is 171 Å². The number of benzene rings is 4. The van der Waals surface area contributed by atoms with Crippen LogP contribution in [0.2, 0.25) is 0 Å². The standard InChI is InChI=1S/C37H29N3O2.C6H4N.2Pt/c1-37(2,3)35-34(27-11-8-16-31(23-27)41-30-14-6-5-7-15-30)19-20-38-36(35)28-12-9-17-32(24-28)42-33-18-10-13-29(25-33)40-22-21-39(4)26-40;1-2-7-5-3-4-6-7;;/h5-14,16-18,20-22,26H,1-4H3;3-6H;;/q-6;-1;;+4. The Bertz CT molecular complexity index is 2080. The molecule has 0 bridgehead atoms. The molecule has 0 aliphatic carbocycles. The van der Waals surface area contributed by atoms with E-state index in [0.29, 0.717) is 23.0 Å². The minimum Gasteiger partial charge on any atom is -0.669 e. The van der Waals surface area contributed by atoms with Crippen molar-refractivity contribution < 1.29 is 51.6 Å². The number of anilines is 1. The molecule has 6 aromatic rings. The van der Waals surface area contributed by atoms with E-state index in [9.17, 15) is 0 Å². The van der Waals surface area contributed by atoms with Gasteiger partial charge in [-0.15, -0.1) is 65.8 Å². The van der Waals surface area contributed by atoms with Crippen molar-refractivity contribution in [2.24, 2.45) is 0 Å². The zero-order chi connectivity index (χ0) is 34.2. The zero-order valence-electron chi connectivity index (χ0n) is 28.4. The van der Waals surface area contributed by atoms with Gasteiger partial charge in [0, 0.05) is 56.5 Å². The summed E-state index contributed by atoms with van der Waals surface area (Å²) in [4.78, 5) is 8.76. The predicted octanol–water partition coefficient (Wildman–Crippen LogP) is 9.52. The summed E-state index contributed by atoms with van der Waals surface area (Å²) in [5, 5.41) is 0.